The molecule has 0 aliphatic carbocycles. The zero-order valence-corrected chi connectivity index (χ0v) is 15.2. The molecule has 0 spiro atoms. The minimum Gasteiger partial charge on any atom is -0.456 e. The lowest BCUT2D eigenvalue weighted by atomic mass is 10.2. The summed E-state index contributed by atoms with van der Waals surface area (Å²) in [6, 6.07) is 9.94. The van der Waals surface area contributed by atoms with Crippen molar-refractivity contribution in [3.8, 4) is 10.6 Å². The lowest BCUT2D eigenvalue weighted by Crippen LogP contribution is -2.01. The first kappa shape index (κ1) is 17.1. The van der Waals surface area contributed by atoms with E-state index in [-0.39, 0.29) is 6.61 Å². The standard InChI is InChI=1S/C19H19N3O2S/c1-13-17(14(2)22(3)21-13)9-10-18(23)24-11-16-12-25-19(20-16)15-7-5-4-6-8-15/h4-10,12H,11H2,1-3H3/b10-9+. The summed E-state index contributed by atoms with van der Waals surface area (Å²) in [6.45, 7) is 4.04. The Labute approximate surface area is 150 Å². The van der Waals surface area contributed by atoms with Crippen molar-refractivity contribution in [2.24, 2.45) is 7.05 Å². The summed E-state index contributed by atoms with van der Waals surface area (Å²) in [5.41, 5.74) is 4.65. The van der Waals surface area contributed by atoms with Gasteiger partial charge in [0, 0.05) is 35.3 Å². The molecule has 128 valence electrons. The van der Waals surface area contributed by atoms with Crippen LogP contribution in [0.25, 0.3) is 16.6 Å². The van der Waals surface area contributed by atoms with Crippen molar-refractivity contribution in [1.29, 1.82) is 0 Å². The van der Waals surface area contributed by atoms with Gasteiger partial charge in [-0.1, -0.05) is 30.3 Å². The maximum atomic E-state index is 11.9. The summed E-state index contributed by atoms with van der Waals surface area (Å²) in [5.74, 6) is -0.392. The van der Waals surface area contributed by atoms with E-state index in [0.717, 1.165) is 33.2 Å². The third-order valence-electron chi connectivity index (χ3n) is 3.89. The molecule has 6 heteroatoms. The van der Waals surface area contributed by atoms with Gasteiger partial charge in [-0.3, -0.25) is 4.68 Å². The van der Waals surface area contributed by atoms with E-state index >= 15 is 0 Å². The maximum absolute atomic E-state index is 11.9. The van der Waals surface area contributed by atoms with E-state index in [1.165, 1.54) is 17.4 Å². The monoisotopic (exact) mass is 353 g/mol. The van der Waals surface area contributed by atoms with Gasteiger partial charge in [-0.2, -0.15) is 5.10 Å². The number of esters is 1. The summed E-state index contributed by atoms with van der Waals surface area (Å²) >= 11 is 1.54. The van der Waals surface area contributed by atoms with Gasteiger partial charge in [0.05, 0.1) is 11.4 Å². The number of benzene rings is 1. The number of rotatable bonds is 5. The number of thiazole rings is 1. The molecule has 0 atom stereocenters. The number of hydrogen-bond acceptors (Lipinski definition) is 5. The van der Waals surface area contributed by atoms with Gasteiger partial charge >= 0.3 is 5.97 Å². The van der Waals surface area contributed by atoms with Crippen molar-refractivity contribution in [2.75, 3.05) is 0 Å². The average Bonchev–Trinajstić information content (AvgIpc) is 3.18. The van der Waals surface area contributed by atoms with Gasteiger partial charge in [-0.05, 0) is 19.9 Å². The van der Waals surface area contributed by atoms with E-state index in [1.54, 1.807) is 10.8 Å². The summed E-state index contributed by atoms with van der Waals surface area (Å²) in [7, 11) is 1.88. The maximum Gasteiger partial charge on any atom is 0.331 e. The van der Waals surface area contributed by atoms with Crippen LogP contribution in [-0.2, 0) is 23.2 Å². The molecule has 0 fully saturated rings. The van der Waals surface area contributed by atoms with E-state index in [2.05, 4.69) is 10.1 Å². The number of carbonyl (C=O) groups excluding carboxylic acids is 1. The molecule has 3 rings (SSSR count). The van der Waals surface area contributed by atoms with Crippen LogP contribution in [0.1, 0.15) is 22.6 Å². The minimum atomic E-state index is -0.392. The second-order valence-corrected chi connectivity index (χ2v) is 6.52. The van der Waals surface area contributed by atoms with Crippen LogP contribution in [0.2, 0.25) is 0 Å². The summed E-state index contributed by atoms with van der Waals surface area (Å²) in [4.78, 5) is 16.4. The first-order chi connectivity index (χ1) is 12.0. The van der Waals surface area contributed by atoms with Crippen molar-refractivity contribution < 1.29 is 9.53 Å². The fourth-order valence-corrected chi connectivity index (χ4v) is 3.27. The summed E-state index contributed by atoms with van der Waals surface area (Å²) < 4.78 is 7.07. The van der Waals surface area contributed by atoms with Crippen LogP contribution in [-0.4, -0.2) is 20.7 Å². The average molecular weight is 353 g/mol. The number of carbonyl (C=O) groups is 1. The molecule has 0 N–H and O–H groups in total. The van der Waals surface area contributed by atoms with Gasteiger partial charge in [-0.25, -0.2) is 9.78 Å². The van der Waals surface area contributed by atoms with Gasteiger partial charge in [0.2, 0.25) is 0 Å². The quantitative estimate of drug-likeness (QED) is 0.515. The Morgan fingerprint density at radius 2 is 2.04 bits per heavy atom. The van der Waals surface area contributed by atoms with Gasteiger partial charge in [-0.15, -0.1) is 11.3 Å². The Morgan fingerprint density at radius 3 is 2.72 bits per heavy atom. The predicted molar refractivity (Wildman–Crippen MR) is 99.1 cm³/mol. The SMILES string of the molecule is Cc1nn(C)c(C)c1/C=C/C(=O)OCc1csc(-c2ccccc2)n1. The highest BCUT2D eigenvalue weighted by Gasteiger charge is 2.08. The fourth-order valence-electron chi connectivity index (χ4n) is 2.46. The van der Waals surface area contributed by atoms with Crippen LogP contribution in [0, 0.1) is 13.8 Å². The molecule has 2 aromatic heterocycles. The molecular weight excluding hydrogens is 334 g/mol. The number of nitrogens with zero attached hydrogens (tertiary/aromatic N) is 3. The van der Waals surface area contributed by atoms with E-state index in [0.29, 0.717) is 0 Å². The molecule has 0 bridgehead atoms. The highest BCUT2D eigenvalue weighted by Crippen LogP contribution is 2.23. The largest absolute Gasteiger partial charge is 0.456 e. The van der Waals surface area contributed by atoms with Crippen LogP contribution in [0.3, 0.4) is 0 Å². The Kier molecular flexibility index (Phi) is 5.09. The lowest BCUT2D eigenvalue weighted by molar-refractivity contribution is -0.139. The molecule has 1 aromatic carbocycles. The Morgan fingerprint density at radius 1 is 1.28 bits per heavy atom. The molecule has 5 nitrogen and oxygen atoms in total. The highest BCUT2D eigenvalue weighted by atomic mass is 32.1. The van der Waals surface area contributed by atoms with Crippen LogP contribution in [0.4, 0.5) is 0 Å². The Hall–Kier alpha value is -2.73. The van der Waals surface area contributed by atoms with Crippen molar-refractivity contribution in [3.63, 3.8) is 0 Å². The second kappa shape index (κ2) is 7.44. The van der Waals surface area contributed by atoms with E-state index in [9.17, 15) is 4.79 Å². The van der Waals surface area contributed by atoms with E-state index in [4.69, 9.17) is 4.74 Å². The van der Waals surface area contributed by atoms with Gasteiger partial charge in [0.15, 0.2) is 0 Å². The van der Waals surface area contributed by atoms with E-state index in [1.807, 2.05) is 56.6 Å². The zero-order chi connectivity index (χ0) is 17.8. The number of aryl methyl sites for hydroxylation is 2. The predicted octanol–water partition coefficient (Wildman–Crippen LogP) is 3.92. The van der Waals surface area contributed by atoms with Crippen molar-refractivity contribution in [3.05, 3.63) is 64.4 Å². The van der Waals surface area contributed by atoms with Gasteiger partial charge in [0.25, 0.3) is 0 Å². The number of ether oxygens (including phenoxy) is 1. The Bertz CT molecular complexity index is 910. The minimum absolute atomic E-state index is 0.164. The molecule has 0 amide bonds. The summed E-state index contributed by atoms with van der Waals surface area (Å²) in [5, 5.41) is 7.15. The Balaban J connectivity index is 1.59. The molecule has 0 aliphatic rings. The van der Waals surface area contributed by atoms with E-state index < -0.39 is 5.97 Å². The van der Waals surface area contributed by atoms with Crippen LogP contribution >= 0.6 is 11.3 Å². The molecule has 0 aliphatic heterocycles. The molecule has 0 radical (unpaired) electrons. The topological polar surface area (TPSA) is 57.0 Å². The second-order valence-electron chi connectivity index (χ2n) is 5.66. The first-order valence-electron chi connectivity index (χ1n) is 7.89. The van der Waals surface area contributed by atoms with Gasteiger partial charge in [0.1, 0.15) is 11.6 Å². The van der Waals surface area contributed by atoms with Crippen molar-refractivity contribution in [1.82, 2.24) is 14.8 Å². The molecular formula is C19H19N3O2S. The third-order valence-corrected chi connectivity index (χ3v) is 4.83. The van der Waals surface area contributed by atoms with Crippen LogP contribution < -0.4 is 0 Å². The van der Waals surface area contributed by atoms with Crippen molar-refractivity contribution in [2.45, 2.75) is 20.5 Å². The summed E-state index contributed by atoms with van der Waals surface area (Å²) in [6.07, 6.45) is 3.18. The smallest absolute Gasteiger partial charge is 0.331 e. The molecule has 3 aromatic rings. The fraction of sp³-hybridized carbons (Fsp3) is 0.211. The van der Waals surface area contributed by atoms with Gasteiger partial charge < -0.3 is 4.74 Å². The van der Waals surface area contributed by atoms with Crippen LogP contribution in [0.15, 0.2) is 41.8 Å². The number of hydrogen-bond donors (Lipinski definition) is 0. The number of aromatic nitrogens is 3. The highest BCUT2D eigenvalue weighted by molar-refractivity contribution is 7.13. The lowest BCUT2D eigenvalue weighted by Gasteiger charge is -1.99. The third kappa shape index (κ3) is 4.03. The molecule has 0 saturated carbocycles. The van der Waals surface area contributed by atoms with Crippen molar-refractivity contribution >= 4 is 23.4 Å². The molecule has 0 saturated heterocycles. The normalized spacial score (nSPS) is 11.2. The zero-order valence-electron chi connectivity index (χ0n) is 14.4. The van der Waals surface area contributed by atoms with Crippen LogP contribution in [0.5, 0.6) is 0 Å². The molecule has 2 heterocycles. The molecule has 25 heavy (non-hydrogen) atoms. The molecule has 0 unspecified atom stereocenters. The first-order valence-corrected chi connectivity index (χ1v) is 8.77.